The first-order chi connectivity index (χ1) is 14.0. The van der Waals surface area contributed by atoms with Gasteiger partial charge in [-0.1, -0.05) is 18.2 Å². The maximum atomic E-state index is 12.6. The summed E-state index contributed by atoms with van der Waals surface area (Å²) in [5, 5.41) is 21.2. The Morgan fingerprint density at radius 3 is 2.43 bits per heavy atom. The second kappa shape index (κ2) is 9.40. The summed E-state index contributed by atoms with van der Waals surface area (Å²) < 4.78 is 15.4. The van der Waals surface area contributed by atoms with Crippen molar-refractivity contribution in [3.63, 3.8) is 0 Å². The van der Waals surface area contributed by atoms with Crippen molar-refractivity contribution in [3.05, 3.63) is 47.0 Å². The molecule has 3 unspecified atom stereocenters. The summed E-state index contributed by atoms with van der Waals surface area (Å²) >= 11 is 0. The van der Waals surface area contributed by atoms with Crippen LogP contribution in [0.3, 0.4) is 0 Å². The van der Waals surface area contributed by atoms with Crippen molar-refractivity contribution in [2.24, 2.45) is 5.92 Å². The van der Waals surface area contributed by atoms with E-state index in [4.69, 9.17) is 13.9 Å². The topological polar surface area (TPSA) is 123 Å². The SMILES string of the molecule is C=C(C)C1CC=C(C(=O)OC)C(O)C(=O)CC(C)(O)Cc2cc(C(=O)OC)c(o2)C1. The number of furan rings is 1. The first-order valence-electron chi connectivity index (χ1n) is 9.56. The zero-order valence-electron chi connectivity index (χ0n) is 17.7. The van der Waals surface area contributed by atoms with Gasteiger partial charge in [-0.3, -0.25) is 4.79 Å². The smallest absolute Gasteiger partial charge is 0.341 e. The molecule has 3 atom stereocenters. The van der Waals surface area contributed by atoms with Crippen molar-refractivity contribution < 1.29 is 38.5 Å². The summed E-state index contributed by atoms with van der Waals surface area (Å²) in [7, 11) is 2.41. The molecule has 0 aliphatic carbocycles. The molecule has 2 bridgehead atoms. The molecule has 0 saturated heterocycles. The van der Waals surface area contributed by atoms with Crippen molar-refractivity contribution >= 4 is 17.7 Å². The van der Waals surface area contributed by atoms with Crippen LogP contribution in [0.15, 0.2) is 34.3 Å². The Balaban J connectivity index is 2.59. The number of esters is 2. The van der Waals surface area contributed by atoms with Gasteiger partial charge in [-0.2, -0.15) is 0 Å². The van der Waals surface area contributed by atoms with Crippen LogP contribution in [-0.4, -0.2) is 53.9 Å². The number of ether oxygens (including phenoxy) is 2. The monoisotopic (exact) mass is 420 g/mol. The summed E-state index contributed by atoms with van der Waals surface area (Å²) in [4.78, 5) is 36.9. The molecular weight excluding hydrogens is 392 g/mol. The first kappa shape index (κ1) is 23.6. The fourth-order valence-corrected chi connectivity index (χ4v) is 3.47. The van der Waals surface area contributed by atoms with E-state index in [1.807, 2.05) is 0 Å². The number of carbonyl (C=O) groups is 3. The van der Waals surface area contributed by atoms with Gasteiger partial charge in [-0.25, -0.2) is 9.59 Å². The van der Waals surface area contributed by atoms with Crippen LogP contribution >= 0.6 is 0 Å². The standard InChI is InChI=1S/C22H28O8/c1-12(2)13-6-7-15(20(25)28-4)19(24)17(23)11-22(3,27)10-14-9-16(21(26)29-5)18(8-13)30-14/h7,9,13,19,24,27H,1,6,8,10-11H2,2-5H3. The largest absolute Gasteiger partial charge is 0.466 e. The number of hydrogen-bond donors (Lipinski definition) is 2. The van der Waals surface area contributed by atoms with Gasteiger partial charge in [0.25, 0.3) is 0 Å². The number of rotatable bonds is 3. The minimum Gasteiger partial charge on any atom is -0.466 e. The summed E-state index contributed by atoms with van der Waals surface area (Å²) in [6.07, 6.45) is -0.288. The fourth-order valence-electron chi connectivity index (χ4n) is 3.47. The van der Waals surface area contributed by atoms with Crippen molar-refractivity contribution in [2.75, 3.05) is 14.2 Å². The lowest BCUT2D eigenvalue weighted by atomic mass is 9.88. The zero-order chi connectivity index (χ0) is 22.6. The molecule has 0 amide bonds. The maximum Gasteiger partial charge on any atom is 0.341 e. The Hall–Kier alpha value is -2.71. The molecule has 1 aromatic rings. The molecule has 0 aromatic carbocycles. The van der Waals surface area contributed by atoms with Crippen LogP contribution in [0.25, 0.3) is 0 Å². The van der Waals surface area contributed by atoms with E-state index in [-0.39, 0.29) is 36.3 Å². The highest BCUT2D eigenvalue weighted by Crippen LogP contribution is 2.29. The fraction of sp³-hybridized carbons (Fsp3) is 0.500. The molecule has 2 N–H and O–H groups in total. The molecule has 2 rings (SSSR count). The molecule has 0 saturated carbocycles. The summed E-state index contributed by atoms with van der Waals surface area (Å²) in [6.45, 7) is 7.17. The summed E-state index contributed by atoms with van der Waals surface area (Å²) in [6, 6.07) is 1.49. The van der Waals surface area contributed by atoms with E-state index in [0.29, 0.717) is 11.5 Å². The molecule has 8 heteroatoms. The third-order valence-corrected chi connectivity index (χ3v) is 5.15. The molecular formula is C22H28O8. The Morgan fingerprint density at radius 1 is 1.23 bits per heavy atom. The average molecular weight is 420 g/mol. The summed E-state index contributed by atoms with van der Waals surface area (Å²) in [5.41, 5.74) is -0.790. The van der Waals surface area contributed by atoms with Gasteiger partial charge in [0.2, 0.25) is 0 Å². The predicted octanol–water partition coefficient (Wildman–Crippen LogP) is 1.92. The van der Waals surface area contributed by atoms with E-state index < -0.39 is 35.8 Å². The van der Waals surface area contributed by atoms with Gasteiger partial charge in [0.1, 0.15) is 23.2 Å². The summed E-state index contributed by atoms with van der Waals surface area (Å²) in [5.74, 6) is -1.73. The number of Topliss-reactive ketones (excluding diaryl/α,β-unsaturated/α-hetero) is 1. The molecule has 1 aliphatic rings. The molecule has 1 aliphatic heterocycles. The molecule has 164 valence electrons. The van der Waals surface area contributed by atoms with Crippen molar-refractivity contribution in [2.45, 2.75) is 51.2 Å². The molecule has 1 aromatic heterocycles. The minimum atomic E-state index is -1.73. The molecule has 0 spiro atoms. The Bertz CT molecular complexity index is 874. The molecule has 30 heavy (non-hydrogen) atoms. The number of allylic oxidation sites excluding steroid dienone is 2. The number of aliphatic hydroxyl groups is 2. The van der Waals surface area contributed by atoms with Gasteiger partial charge >= 0.3 is 11.9 Å². The second-order valence-electron chi connectivity index (χ2n) is 7.89. The minimum absolute atomic E-state index is 0.0789. The number of methoxy groups -OCH3 is 2. The third-order valence-electron chi connectivity index (χ3n) is 5.15. The van der Waals surface area contributed by atoms with E-state index in [1.165, 1.54) is 26.2 Å². The maximum absolute atomic E-state index is 12.6. The van der Waals surface area contributed by atoms with Crippen LogP contribution in [0.2, 0.25) is 0 Å². The lowest BCUT2D eigenvalue weighted by molar-refractivity contribution is -0.140. The van der Waals surface area contributed by atoms with Crippen LogP contribution in [0.4, 0.5) is 0 Å². The number of aliphatic hydroxyl groups excluding tert-OH is 1. The van der Waals surface area contributed by atoms with Gasteiger partial charge in [0, 0.05) is 19.3 Å². The van der Waals surface area contributed by atoms with Crippen molar-refractivity contribution in [1.82, 2.24) is 0 Å². The highest BCUT2D eigenvalue weighted by molar-refractivity contribution is 5.99. The Kier molecular flexibility index (Phi) is 7.39. The highest BCUT2D eigenvalue weighted by atomic mass is 16.5. The van der Waals surface area contributed by atoms with Crippen molar-refractivity contribution in [1.29, 1.82) is 0 Å². The van der Waals surface area contributed by atoms with Crippen molar-refractivity contribution in [3.8, 4) is 0 Å². The normalized spacial score (nSPS) is 25.3. The van der Waals surface area contributed by atoms with E-state index in [1.54, 1.807) is 6.92 Å². The number of ketones is 1. The molecule has 8 nitrogen and oxygen atoms in total. The van der Waals surface area contributed by atoms with E-state index in [2.05, 4.69) is 6.58 Å². The van der Waals surface area contributed by atoms with Gasteiger partial charge in [-0.05, 0) is 32.3 Å². The number of carbonyl (C=O) groups excluding carboxylic acids is 3. The Labute approximate surface area is 175 Å². The van der Waals surface area contributed by atoms with E-state index in [0.717, 1.165) is 12.7 Å². The second-order valence-corrected chi connectivity index (χ2v) is 7.89. The van der Waals surface area contributed by atoms with Crippen LogP contribution < -0.4 is 0 Å². The average Bonchev–Trinajstić information content (AvgIpc) is 3.06. The van der Waals surface area contributed by atoms with Crippen LogP contribution in [-0.2, 0) is 31.9 Å². The number of hydrogen-bond acceptors (Lipinski definition) is 8. The van der Waals surface area contributed by atoms with E-state index >= 15 is 0 Å². The quantitative estimate of drug-likeness (QED) is 0.562. The van der Waals surface area contributed by atoms with Gasteiger partial charge in [-0.15, -0.1) is 0 Å². The predicted molar refractivity (Wildman–Crippen MR) is 107 cm³/mol. The van der Waals surface area contributed by atoms with Crippen LogP contribution in [0.5, 0.6) is 0 Å². The number of fused-ring (bicyclic) bond motifs is 2. The lowest BCUT2D eigenvalue weighted by Gasteiger charge is -2.23. The Morgan fingerprint density at radius 2 is 1.87 bits per heavy atom. The highest BCUT2D eigenvalue weighted by Gasteiger charge is 2.34. The van der Waals surface area contributed by atoms with E-state index in [9.17, 15) is 24.6 Å². The first-order valence-corrected chi connectivity index (χ1v) is 9.56. The van der Waals surface area contributed by atoms with Crippen LogP contribution in [0, 0.1) is 5.92 Å². The van der Waals surface area contributed by atoms with Gasteiger partial charge in [0.05, 0.1) is 25.4 Å². The van der Waals surface area contributed by atoms with Gasteiger partial charge in [0.15, 0.2) is 5.78 Å². The molecule has 2 heterocycles. The molecule has 0 radical (unpaired) electrons. The molecule has 0 fully saturated rings. The van der Waals surface area contributed by atoms with Crippen LogP contribution in [0.1, 0.15) is 48.6 Å². The van der Waals surface area contributed by atoms with Gasteiger partial charge < -0.3 is 24.1 Å². The zero-order valence-corrected chi connectivity index (χ0v) is 17.7. The third kappa shape index (κ3) is 5.46. The lowest BCUT2D eigenvalue weighted by Crippen LogP contribution is -2.37.